The Kier molecular flexibility index (Phi) is 11.2. The van der Waals surface area contributed by atoms with Gasteiger partial charge in [0.05, 0.1) is 24.8 Å². The third-order valence-corrected chi connectivity index (χ3v) is 9.19. The van der Waals surface area contributed by atoms with Crippen molar-refractivity contribution in [1.29, 1.82) is 5.41 Å². The summed E-state index contributed by atoms with van der Waals surface area (Å²) in [6, 6.07) is -0.907. The minimum Gasteiger partial charge on any atom is -0.469 e. The fourth-order valence-corrected chi connectivity index (χ4v) is 6.78. The van der Waals surface area contributed by atoms with Gasteiger partial charge in [0.15, 0.2) is 5.03 Å². The molecule has 0 aromatic rings. The van der Waals surface area contributed by atoms with E-state index in [1.54, 1.807) is 5.43 Å². The molecule has 0 unspecified atom stereocenters. The number of hydrogen-bond donors (Lipinski definition) is 5. The average molecular weight is 595 g/mol. The monoisotopic (exact) mass is 594 g/mol. The summed E-state index contributed by atoms with van der Waals surface area (Å²) in [4.78, 5) is 48.3. The van der Waals surface area contributed by atoms with Crippen molar-refractivity contribution in [2.75, 3.05) is 13.7 Å². The molecule has 0 radical (unpaired) electrons. The highest BCUT2D eigenvalue weighted by atomic mass is 16.7. The lowest BCUT2D eigenvalue weighted by atomic mass is 9.43. The van der Waals surface area contributed by atoms with Crippen LogP contribution >= 0.6 is 0 Å². The Balaban J connectivity index is 1.66. The molecular weight excluding hydrogens is 547 g/mol. The van der Waals surface area contributed by atoms with Gasteiger partial charge in [-0.2, -0.15) is 0 Å². The number of amides is 2. The van der Waals surface area contributed by atoms with Crippen LogP contribution in [0, 0.1) is 38.7 Å². The number of nitro groups is 1. The quantitative estimate of drug-likeness (QED) is 0.0354. The maximum Gasteiger partial charge on any atom is 0.481 e. The van der Waals surface area contributed by atoms with E-state index in [-0.39, 0.29) is 55.6 Å². The molecule has 5 N–H and O–H groups in total. The number of hydrogen-bond acceptors (Lipinski definition) is 9. The Morgan fingerprint density at radius 2 is 1.86 bits per heavy atom. The maximum atomic E-state index is 13.6. The van der Waals surface area contributed by atoms with Crippen molar-refractivity contribution in [1.82, 2.24) is 21.4 Å². The van der Waals surface area contributed by atoms with E-state index in [2.05, 4.69) is 55.3 Å². The Morgan fingerprint density at radius 1 is 1.14 bits per heavy atom. The van der Waals surface area contributed by atoms with Gasteiger partial charge in [0.1, 0.15) is 6.04 Å². The molecule has 4 fully saturated rings. The number of nitrogens with one attached hydrogen (secondary N) is 5. The second-order valence-corrected chi connectivity index (χ2v) is 12.9. The Morgan fingerprint density at radius 3 is 2.48 bits per heavy atom. The zero-order valence-electron chi connectivity index (χ0n) is 25.6. The largest absolute Gasteiger partial charge is 0.481 e. The number of methoxy groups -OCH3 is 1. The highest BCUT2D eigenvalue weighted by Crippen LogP contribution is 2.65. The third-order valence-electron chi connectivity index (χ3n) is 9.19. The molecule has 4 aliphatic rings. The molecule has 1 aliphatic heterocycles. The fraction of sp³-hybridized carbons (Fsp3) is 0.852. The van der Waals surface area contributed by atoms with E-state index in [1.807, 2.05) is 0 Å². The van der Waals surface area contributed by atoms with Crippen molar-refractivity contribution in [3.05, 3.63) is 10.1 Å². The van der Waals surface area contributed by atoms with Crippen LogP contribution in [0.4, 0.5) is 0 Å². The van der Waals surface area contributed by atoms with Gasteiger partial charge in [-0.05, 0) is 68.6 Å². The van der Waals surface area contributed by atoms with Crippen LogP contribution in [-0.2, 0) is 28.4 Å². The van der Waals surface area contributed by atoms with Crippen LogP contribution in [0.2, 0.25) is 0 Å². The van der Waals surface area contributed by atoms with E-state index in [9.17, 15) is 24.5 Å². The Labute approximate surface area is 247 Å². The van der Waals surface area contributed by atoms with Crippen molar-refractivity contribution in [3.8, 4) is 0 Å². The first-order valence-corrected chi connectivity index (χ1v) is 14.9. The minimum absolute atomic E-state index is 0.0367. The van der Waals surface area contributed by atoms with E-state index >= 15 is 0 Å². The highest BCUT2D eigenvalue weighted by Gasteiger charge is 2.68. The topological polar surface area (TPSA) is 194 Å². The van der Waals surface area contributed by atoms with Gasteiger partial charge in [-0.1, -0.05) is 33.1 Å². The molecule has 2 amide bonds. The molecule has 0 aromatic heterocycles. The third kappa shape index (κ3) is 8.12. The molecule has 1 heterocycles. The molecule has 3 saturated carbocycles. The first kappa shape index (κ1) is 33.6. The second-order valence-electron chi connectivity index (χ2n) is 12.9. The number of carbonyl (C=O) groups excluding carboxylic acids is 3. The lowest BCUT2D eigenvalue weighted by Crippen LogP contribution is -2.65. The summed E-state index contributed by atoms with van der Waals surface area (Å²) in [5.41, 5.74) is 1.47. The molecule has 3 aliphatic carbocycles. The van der Waals surface area contributed by atoms with E-state index in [0.29, 0.717) is 24.7 Å². The standard InChI is InChI=1S/C27H47BN6O8/c1-16(2)13-21(28-41-20-15-17-14-19(26(17,3)4)27(20,5)42-28)32-24(37)18(9-8-12-30-25(29)33-34(38)39)31-22(35)10-7-11-23(36)40-6/h16-21H,7-15H2,1-6H3,(H,31,35)(H,32,37)(H3,29,30,33)/t17-,18-,19-,20+,21-,27-/m0/s1. The molecule has 14 nitrogen and oxygen atoms in total. The molecule has 2 bridgehead atoms. The fourth-order valence-electron chi connectivity index (χ4n) is 6.78. The lowest BCUT2D eigenvalue weighted by molar-refractivity contribution is -0.525. The summed E-state index contributed by atoms with van der Waals surface area (Å²) >= 11 is 0. The number of nitrogens with zero attached hydrogens (tertiary/aromatic N) is 1. The molecule has 236 valence electrons. The predicted octanol–water partition coefficient (Wildman–Crippen LogP) is 1.70. The predicted molar refractivity (Wildman–Crippen MR) is 154 cm³/mol. The second kappa shape index (κ2) is 14.0. The van der Waals surface area contributed by atoms with Crippen LogP contribution in [0.3, 0.4) is 0 Å². The summed E-state index contributed by atoms with van der Waals surface area (Å²) in [5, 5.41) is 25.6. The summed E-state index contributed by atoms with van der Waals surface area (Å²) in [6.07, 6.45) is 3.57. The number of esters is 1. The summed E-state index contributed by atoms with van der Waals surface area (Å²) < 4.78 is 17.7. The van der Waals surface area contributed by atoms with Gasteiger partial charge in [0.2, 0.25) is 11.8 Å². The molecule has 42 heavy (non-hydrogen) atoms. The Bertz CT molecular complexity index is 1030. The van der Waals surface area contributed by atoms with Crippen LogP contribution in [0.15, 0.2) is 0 Å². The van der Waals surface area contributed by atoms with Crippen molar-refractivity contribution in [2.45, 2.75) is 110 Å². The van der Waals surface area contributed by atoms with Crippen LogP contribution in [0.1, 0.15) is 86.0 Å². The molecule has 0 spiro atoms. The average Bonchev–Trinajstić information content (AvgIpc) is 3.26. The molecule has 6 atom stereocenters. The maximum absolute atomic E-state index is 13.6. The van der Waals surface area contributed by atoms with Gasteiger partial charge in [-0.25, -0.2) is 10.1 Å². The zero-order chi connectivity index (χ0) is 31.2. The van der Waals surface area contributed by atoms with Crippen LogP contribution in [-0.4, -0.2) is 73.2 Å². The van der Waals surface area contributed by atoms with Crippen molar-refractivity contribution >= 4 is 30.9 Å². The van der Waals surface area contributed by atoms with Crippen molar-refractivity contribution < 1.29 is 33.5 Å². The van der Waals surface area contributed by atoms with Gasteiger partial charge in [0.25, 0.3) is 5.96 Å². The molecule has 4 rings (SSSR count). The van der Waals surface area contributed by atoms with Crippen molar-refractivity contribution in [2.24, 2.45) is 23.2 Å². The smallest absolute Gasteiger partial charge is 0.469 e. The molecule has 0 aromatic carbocycles. The van der Waals surface area contributed by atoms with Gasteiger partial charge in [-0.15, -0.1) is 0 Å². The number of ether oxygens (including phenoxy) is 1. The zero-order valence-corrected chi connectivity index (χ0v) is 25.6. The van der Waals surface area contributed by atoms with Gasteiger partial charge in [-0.3, -0.25) is 19.8 Å². The highest BCUT2D eigenvalue weighted by molar-refractivity contribution is 6.48. The Hall–Kier alpha value is -2.94. The van der Waals surface area contributed by atoms with E-state index in [4.69, 9.17) is 14.7 Å². The molecule has 15 heteroatoms. The van der Waals surface area contributed by atoms with Crippen LogP contribution in [0.5, 0.6) is 0 Å². The lowest BCUT2D eigenvalue weighted by Gasteiger charge is -2.64. The van der Waals surface area contributed by atoms with Crippen LogP contribution < -0.4 is 21.4 Å². The minimum atomic E-state index is -0.907. The normalized spacial score (nSPS) is 26.7. The summed E-state index contributed by atoms with van der Waals surface area (Å²) in [5.74, 6) is -0.902. The van der Waals surface area contributed by atoms with Crippen LogP contribution in [0.25, 0.3) is 0 Å². The molecule has 1 saturated heterocycles. The summed E-state index contributed by atoms with van der Waals surface area (Å²) in [6.45, 7) is 11.0. The van der Waals surface area contributed by atoms with Crippen molar-refractivity contribution in [3.63, 3.8) is 0 Å². The summed E-state index contributed by atoms with van der Waals surface area (Å²) in [7, 11) is 0.663. The first-order chi connectivity index (χ1) is 19.7. The van der Waals surface area contributed by atoms with Gasteiger partial charge in [0, 0.05) is 19.4 Å². The number of guanidine groups is 1. The number of hydrazine groups is 1. The number of rotatable bonds is 15. The van der Waals surface area contributed by atoms with Gasteiger partial charge >= 0.3 is 13.1 Å². The van der Waals surface area contributed by atoms with E-state index in [0.717, 1.165) is 12.8 Å². The number of carbonyl (C=O) groups is 3. The molecular formula is C27H47BN6O8. The van der Waals surface area contributed by atoms with E-state index in [1.165, 1.54) is 7.11 Å². The van der Waals surface area contributed by atoms with Gasteiger partial charge < -0.3 is 30.0 Å². The SMILES string of the molecule is COC(=O)CCCC(=O)N[C@@H](CCCNC(=N)N[N+](=O)[O-])C(=O)N[C@@H](CC(C)C)B1O[C@@H]2C[C@@H]3C[C@@H](C3(C)C)[C@]2(C)O1. The van der Waals surface area contributed by atoms with E-state index < -0.39 is 47.6 Å². The first-order valence-electron chi connectivity index (χ1n) is 14.9.